The summed E-state index contributed by atoms with van der Waals surface area (Å²) in [4.78, 5) is 59.2. The number of amides is 4. The molecule has 4 amide bonds. The van der Waals surface area contributed by atoms with E-state index in [2.05, 4.69) is 0 Å². The zero-order chi connectivity index (χ0) is 29.5. The average Bonchev–Trinajstić information content (AvgIpc) is 3.62. The monoisotopic (exact) mass is 604 g/mol. The topological polar surface area (TPSA) is 95.0 Å². The standard InChI is InChI=1S/C32H26ClFN2O5S/c1-32-22(29(39)36(31(32)41)16-8-11-24(34)23(33)13-16)14-21-18(27(32)19-6-2-3-7-25(19)37)9-10-20-26(21)30(40)35(28(20)38)15-17-5-4-12-42-17/h2-9,11-13,20-22,26-27,37H,10,14-15H2,1H3/t20-,21+,22-,26-,27+,32+/m0/s1. The predicted octanol–water partition coefficient (Wildman–Crippen LogP) is 5.68. The van der Waals surface area contributed by atoms with Crippen molar-refractivity contribution in [1.82, 2.24) is 4.90 Å². The predicted molar refractivity (Wildman–Crippen MR) is 154 cm³/mol. The zero-order valence-corrected chi connectivity index (χ0v) is 24.1. The van der Waals surface area contributed by atoms with Crippen LogP contribution in [0.4, 0.5) is 10.1 Å². The molecule has 3 aromatic rings. The summed E-state index contributed by atoms with van der Waals surface area (Å²) in [7, 11) is 0. The number of benzene rings is 2. The van der Waals surface area contributed by atoms with E-state index in [0.717, 1.165) is 21.4 Å². The Morgan fingerprint density at radius 3 is 2.52 bits per heavy atom. The summed E-state index contributed by atoms with van der Waals surface area (Å²) >= 11 is 7.51. The van der Waals surface area contributed by atoms with E-state index < -0.39 is 52.6 Å². The number of allylic oxidation sites excluding steroid dienone is 2. The number of anilines is 1. The fourth-order valence-electron chi connectivity index (χ4n) is 7.74. The summed E-state index contributed by atoms with van der Waals surface area (Å²) in [6.07, 6.45) is 2.46. The normalized spacial score (nSPS) is 30.4. The summed E-state index contributed by atoms with van der Waals surface area (Å²) in [5.41, 5.74) is 0.114. The molecule has 7 nitrogen and oxygen atoms in total. The number of phenols is 1. The molecule has 2 aromatic carbocycles. The molecule has 3 fully saturated rings. The van der Waals surface area contributed by atoms with Gasteiger partial charge in [-0.05, 0) is 61.4 Å². The molecule has 2 aliphatic carbocycles. The fraction of sp³-hybridized carbons (Fsp3) is 0.312. The fourth-order valence-corrected chi connectivity index (χ4v) is 8.61. The Morgan fingerprint density at radius 2 is 1.81 bits per heavy atom. The van der Waals surface area contributed by atoms with Crippen LogP contribution in [0, 0.1) is 34.9 Å². The Bertz CT molecular complexity index is 1710. The van der Waals surface area contributed by atoms with Crippen molar-refractivity contribution >= 4 is 52.3 Å². The number of carbonyl (C=O) groups is 4. The summed E-state index contributed by atoms with van der Waals surface area (Å²) in [5, 5.41) is 12.7. The molecule has 6 atom stereocenters. The van der Waals surface area contributed by atoms with E-state index in [9.17, 15) is 28.7 Å². The molecule has 0 radical (unpaired) electrons. The lowest BCUT2D eigenvalue weighted by atomic mass is 9.51. The van der Waals surface area contributed by atoms with Crippen molar-refractivity contribution in [3.05, 3.63) is 92.9 Å². The largest absolute Gasteiger partial charge is 0.508 e. The van der Waals surface area contributed by atoms with Crippen LogP contribution in [0.25, 0.3) is 0 Å². The second-order valence-electron chi connectivity index (χ2n) is 11.7. The molecule has 7 rings (SSSR count). The minimum Gasteiger partial charge on any atom is -0.508 e. The maximum Gasteiger partial charge on any atom is 0.241 e. The van der Waals surface area contributed by atoms with Gasteiger partial charge in [-0.1, -0.05) is 47.5 Å². The van der Waals surface area contributed by atoms with E-state index in [0.29, 0.717) is 12.0 Å². The molecule has 0 unspecified atom stereocenters. The van der Waals surface area contributed by atoms with Crippen molar-refractivity contribution in [1.29, 1.82) is 0 Å². The van der Waals surface area contributed by atoms with Crippen molar-refractivity contribution in [2.45, 2.75) is 32.2 Å². The summed E-state index contributed by atoms with van der Waals surface area (Å²) in [6.45, 7) is 1.93. The van der Waals surface area contributed by atoms with Crippen LogP contribution in [-0.2, 0) is 25.7 Å². The molecule has 1 N–H and O–H groups in total. The van der Waals surface area contributed by atoms with E-state index in [4.69, 9.17) is 11.6 Å². The van der Waals surface area contributed by atoms with Crippen LogP contribution in [-0.4, -0.2) is 33.6 Å². The van der Waals surface area contributed by atoms with Gasteiger partial charge in [0.15, 0.2) is 0 Å². The Kier molecular flexibility index (Phi) is 6.18. The maximum atomic E-state index is 14.3. The minimum atomic E-state index is -1.31. The third-order valence-corrected chi connectivity index (χ3v) is 10.8. The minimum absolute atomic E-state index is 0.0252. The number of aromatic hydroxyl groups is 1. The van der Waals surface area contributed by atoms with Gasteiger partial charge in [0.25, 0.3) is 0 Å². The highest BCUT2D eigenvalue weighted by molar-refractivity contribution is 7.09. The molecule has 1 saturated carbocycles. The lowest BCUT2D eigenvalue weighted by Gasteiger charge is -2.49. The number of para-hydroxylation sites is 1. The van der Waals surface area contributed by atoms with Gasteiger partial charge in [-0.3, -0.25) is 24.1 Å². The van der Waals surface area contributed by atoms with Crippen LogP contribution < -0.4 is 4.90 Å². The van der Waals surface area contributed by atoms with Gasteiger partial charge in [-0.2, -0.15) is 0 Å². The van der Waals surface area contributed by atoms with Crippen molar-refractivity contribution in [3.8, 4) is 5.75 Å². The van der Waals surface area contributed by atoms with Crippen molar-refractivity contribution in [2.75, 3.05) is 4.90 Å². The number of nitrogens with zero attached hydrogens (tertiary/aromatic N) is 2. The Hall–Kier alpha value is -3.82. The number of rotatable bonds is 4. The molecular formula is C32H26ClFN2O5S. The van der Waals surface area contributed by atoms with Crippen molar-refractivity contribution in [2.24, 2.45) is 29.1 Å². The molecule has 10 heteroatoms. The zero-order valence-electron chi connectivity index (χ0n) is 22.5. The molecule has 0 spiro atoms. The van der Waals surface area contributed by atoms with Gasteiger partial charge >= 0.3 is 0 Å². The van der Waals surface area contributed by atoms with Crippen LogP contribution in [0.1, 0.15) is 36.1 Å². The first-order chi connectivity index (χ1) is 20.1. The average molecular weight is 605 g/mol. The number of hydrogen-bond acceptors (Lipinski definition) is 6. The Morgan fingerprint density at radius 1 is 1.02 bits per heavy atom. The van der Waals surface area contributed by atoms with E-state index in [1.807, 2.05) is 23.6 Å². The summed E-state index contributed by atoms with van der Waals surface area (Å²) in [5.74, 6) is -5.44. The van der Waals surface area contributed by atoms with Crippen molar-refractivity contribution < 1.29 is 28.7 Å². The van der Waals surface area contributed by atoms with Gasteiger partial charge in [-0.15, -0.1) is 11.3 Å². The summed E-state index contributed by atoms with van der Waals surface area (Å²) in [6, 6.07) is 14.2. The quantitative estimate of drug-likeness (QED) is 0.306. The van der Waals surface area contributed by atoms with E-state index in [1.165, 1.54) is 34.4 Å². The molecule has 2 aliphatic heterocycles. The first-order valence-corrected chi connectivity index (χ1v) is 15.1. The lowest BCUT2D eigenvalue weighted by molar-refractivity contribution is -0.141. The molecule has 0 bridgehead atoms. The van der Waals surface area contributed by atoms with Gasteiger partial charge in [0.1, 0.15) is 11.6 Å². The molecule has 214 valence electrons. The molecule has 3 heterocycles. The number of carbonyl (C=O) groups excluding carboxylic acids is 4. The van der Waals surface area contributed by atoms with E-state index >= 15 is 0 Å². The number of phenolic OH excluding ortho intramolecular Hbond substituents is 1. The lowest BCUT2D eigenvalue weighted by Crippen LogP contribution is -2.48. The number of likely N-dealkylation sites (tertiary alicyclic amines) is 1. The highest BCUT2D eigenvalue weighted by Crippen LogP contribution is 2.64. The second kappa shape index (κ2) is 9.61. The first-order valence-electron chi connectivity index (χ1n) is 13.8. The van der Waals surface area contributed by atoms with Crippen LogP contribution in [0.3, 0.4) is 0 Å². The second-order valence-corrected chi connectivity index (χ2v) is 13.1. The molecule has 42 heavy (non-hydrogen) atoms. The van der Waals surface area contributed by atoms with Crippen molar-refractivity contribution in [3.63, 3.8) is 0 Å². The number of thiophene rings is 1. The highest BCUT2D eigenvalue weighted by atomic mass is 35.5. The first kappa shape index (κ1) is 27.0. The van der Waals surface area contributed by atoms with E-state index in [-0.39, 0.29) is 41.2 Å². The third kappa shape index (κ3) is 3.69. The van der Waals surface area contributed by atoms with Gasteiger partial charge < -0.3 is 5.11 Å². The SMILES string of the molecule is C[C@@]12C(=O)N(c3ccc(F)c(Cl)c3)C(=O)[C@@H]1C[C@@H]1C(=CC[C@@H]3C(=O)N(Cc4cccs4)C(=O)[C@@H]31)[C@@H]2c1ccccc1O. The van der Waals surface area contributed by atoms with Crippen LogP contribution in [0.15, 0.2) is 71.6 Å². The van der Waals surface area contributed by atoms with Gasteiger partial charge in [0.2, 0.25) is 23.6 Å². The molecule has 1 aromatic heterocycles. The van der Waals surface area contributed by atoms with Crippen LogP contribution >= 0.6 is 22.9 Å². The number of fused-ring (bicyclic) bond motifs is 4. The molecule has 4 aliphatic rings. The Labute approximate surface area is 250 Å². The van der Waals surface area contributed by atoms with Gasteiger partial charge in [0, 0.05) is 16.4 Å². The van der Waals surface area contributed by atoms with Gasteiger partial charge in [-0.25, -0.2) is 9.29 Å². The third-order valence-electron chi connectivity index (χ3n) is 9.67. The number of halogens is 2. The number of imide groups is 2. The molecule has 2 saturated heterocycles. The van der Waals surface area contributed by atoms with Crippen LogP contribution in [0.2, 0.25) is 5.02 Å². The van der Waals surface area contributed by atoms with Gasteiger partial charge in [0.05, 0.1) is 40.4 Å². The maximum absolute atomic E-state index is 14.3. The smallest absolute Gasteiger partial charge is 0.241 e. The van der Waals surface area contributed by atoms with E-state index in [1.54, 1.807) is 25.1 Å². The number of hydrogen-bond donors (Lipinski definition) is 1. The molecular weight excluding hydrogens is 579 g/mol. The summed E-state index contributed by atoms with van der Waals surface area (Å²) < 4.78 is 14.0. The van der Waals surface area contributed by atoms with Crippen LogP contribution in [0.5, 0.6) is 5.75 Å². The highest BCUT2D eigenvalue weighted by Gasteiger charge is 2.67. The Balaban J connectivity index is 1.35.